The molecule has 0 aromatic heterocycles. The van der Waals surface area contributed by atoms with E-state index in [0.717, 1.165) is 50.1 Å². The van der Waals surface area contributed by atoms with E-state index in [4.69, 9.17) is 24.3 Å². The van der Waals surface area contributed by atoms with Crippen LogP contribution in [0, 0.1) is 5.92 Å². The fourth-order valence-corrected chi connectivity index (χ4v) is 5.66. The first-order valence-corrected chi connectivity index (χ1v) is 13.5. The second-order valence-electron chi connectivity index (χ2n) is 10.5. The zero-order chi connectivity index (χ0) is 25.7. The van der Waals surface area contributed by atoms with E-state index < -0.39 is 12.7 Å². The number of carbonyl (C=O) groups is 1. The molecule has 1 aliphatic carbocycles. The highest BCUT2D eigenvalue weighted by Gasteiger charge is 2.54. The van der Waals surface area contributed by atoms with Crippen LogP contribution >= 0.6 is 0 Å². The topological polar surface area (TPSA) is 109 Å². The SMILES string of the molecule is O=C1OCNC1(CCCCB(O)O)[C@H]1C[C@@H](NCc2ccc(-c3ccc(OC4CCOC4)cc3)cc2)C1. The van der Waals surface area contributed by atoms with E-state index in [9.17, 15) is 4.79 Å². The molecule has 1 saturated carbocycles. The lowest BCUT2D eigenvalue weighted by atomic mass is 9.66. The minimum Gasteiger partial charge on any atom is -0.488 e. The van der Waals surface area contributed by atoms with Crippen LogP contribution in [-0.4, -0.2) is 60.8 Å². The summed E-state index contributed by atoms with van der Waals surface area (Å²) in [5.41, 5.74) is 2.92. The van der Waals surface area contributed by atoms with Gasteiger partial charge >= 0.3 is 13.1 Å². The zero-order valence-electron chi connectivity index (χ0n) is 21.2. The van der Waals surface area contributed by atoms with Crippen LogP contribution in [0.1, 0.15) is 44.1 Å². The van der Waals surface area contributed by atoms with E-state index in [1.165, 1.54) is 11.1 Å². The van der Waals surface area contributed by atoms with Crippen molar-refractivity contribution in [1.29, 1.82) is 0 Å². The fraction of sp³-hybridized carbons (Fsp3) is 0.536. The van der Waals surface area contributed by atoms with E-state index in [1.807, 2.05) is 12.1 Å². The van der Waals surface area contributed by atoms with Crippen LogP contribution in [0.25, 0.3) is 11.1 Å². The third-order valence-electron chi connectivity index (χ3n) is 8.00. The summed E-state index contributed by atoms with van der Waals surface area (Å²) in [5, 5.41) is 25.1. The predicted octanol–water partition coefficient (Wildman–Crippen LogP) is 2.88. The monoisotopic (exact) mass is 508 g/mol. The molecule has 5 rings (SSSR count). The lowest BCUT2D eigenvalue weighted by Crippen LogP contribution is -2.59. The number of carbonyl (C=O) groups excluding carboxylic acids is 1. The molecule has 2 atom stereocenters. The average molecular weight is 508 g/mol. The van der Waals surface area contributed by atoms with Gasteiger partial charge in [-0.3, -0.25) is 5.32 Å². The van der Waals surface area contributed by atoms with Gasteiger partial charge in [0.2, 0.25) is 0 Å². The van der Waals surface area contributed by atoms with E-state index >= 15 is 0 Å². The van der Waals surface area contributed by atoms with Crippen LogP contribution in [0.2, 0.25) is 6.32 Å². The van der Waals surface area contributed by atoms with Crippen LogP contribution in [0.4, 0.5) is 0 Å². The molecule has 2 aromatic rings. The van der Waals surface area contributed by atoms with E-state index in [2.05, 4.69) is 47.0 Å². The molecule has 2 unspecified atom stereocenters. The van der Waals surface area contributed by atoms with Crippen LogP contribution < -0.4 is 15.4 Å². The molecule has 8 nitrogen and oxygen atoms in total. The Bertz CT molecular complexity index is 1020. The Hall–Kier alpha value is -2.43. The zero-order valence-corrected chi connectivity index (χ0v) is 21.2. The van der Waals surface area contributed by atoms with E-state index in [-0.39, 0.29) is 24.7 Å². The van der Waals surface area contributed by atoms with Gasteiger partial charge in [0.05, 0.1) is 13.2 Å². The average Bonchev–Trinajstić information content (AvgIpc) is 3.52. The van der Waals surface area contributed by atoms with Gasteiger partial charge in [-0.05, 0) is 60.3 Å². The molecule has 0 bridgehead atoms. The molecule has 3 aliphatic rings. The molecule has 37 heavy (non-hydrogen) atoms. The molecule has 0 spiro atoms. The highest BCUT2D eigenvalue weighted by Crippen LogP contribution is 2.42. The van der Waals surface area contributed by atoms with Gasteiger partial charge in [-0.15, -0.1) is 0 Å². The van der Waals surface area contributed by atoms with Gasteiger partial charge in [-0.1, -0.05) is 49.2 Å². The second kappa shape index (κ2) is 12.0. The van der Waals surface area contributed by atoms with Crippen molar-refractivity contribution < 1.29 is 29.1 Å². The summed E-state index contributed by atoms with van der Waals surface area (Å²) in [6.45, 7) is 2.48. The van der Waals surface area contributed by atoms with Crippen molar-refractivity contribution in [2.45, 2.75) is 69.1 Å². The highest BCUT2D eigenvalue weighted by atomic mass is 16.6. The van der Waals surface area contributed by atoms with Crippen LogP contribution in [0.5, 0.6) is 5.75 Å². The Morgan fingerprint density at radius 3 is 2.41 bits per heavy atom. The molecule has 0 radical (unpaired) electrons. The number of nitrogens with one attached hydrogen (secondary N) is 2. The summed E-state index contributed by atoms with van der Waals surface area (Å²) in [7, 11) is -1.29. The third kappa shape index (κ3) is 6.36. The first-order valence-electron chi connectivity index (χ1n) is 13.5. The number of hydrogen-bond acceptors (Lipinski definition) is 8. The molecular weight excluding hydrogens is 471 g/mol. The molecule has 2 aromatic carbocycles. The quantitative estimate of drug-likeness (QED) is 0.197. The van der Waals surface area contributed by atoms with Gasteiger partial charge in [-0.2, -0.15) is 0 Å². The van der Waals surface area contributed by atoms with Crippen LogP contribution in [-0.2, 0) is 20.8 Å². The maximum absolute atomic E-state index is 12.6. The Labute approximate surface area is 218 Å². The molecule has 9 heteroatoms. The molecular formula is C28H37BN2O6. The van der Waals surface area contributed by atoms with E-state index in [0.29, 0.717) is 31.8 Å². The van der Waals surface area contributed by atoms with Crippen molar-refractivity contribution in [3.05, 3.63) is 54.1 Å². The minimum atomic E-state index is -1.29. The Balaban J connectivity index is 1.08. The Morgan fingerprint density at radius 2 is 1.78 bits per heavy atom. The Morgan fingerprint density at radius 1 is 1.05 bits per heavy atom. The van der Waals surface area contributed by atoms with Crippen molar-refractivity contribution in [2.75, 3.05) is 19.9 Å². The number of esters is 1. The number of benzene rings is 2. The van der Waals surface area contributed by atoms with Crippen molar-refractivity contribution >= 4 is 13.1 Å². The maximum Gasteiger partial charge on any atom is 0.451 e. The second-order valence-corrected chi connectivity index (χ2v) is 10.5. The Kier molecular flexibility index (Phi) is 8.47. The van der Waals surface area contributed by atoms with Crippen molar-refractivity contribution in [3.8, 4) is 16.9 Å². The number of cyclic esters (lactones) is 1. The smallest absolute Gasteiger partial charge is 0.451 e. The largest absolute Gasteiger partial charge is 0.488 e. The third-order valence-corrected chi connectivity index (χ3v) is 8.00. The van der Waals surface area contributed by atoms with Gasteiger partial charge in [0.1, 0.15) is 24.1 Å². The first kappa shape index (κ1) is 26.2. The van der Waals surface area contributed by atoms with Gasteiger partial charge in [0.25, 0.3) is 0 Å². The molecule has 198 valence electrons. The van der Waals surface area contributed by atoms with Gasteiger partial charge in [-0.25, -0.2) is 4.79 Å². The minimum absolute atomic E-state index is 0.157. The molecule has 0 amide bonds. The maximum atomic E-state index is 12.6. The fourth-order valence-electron chi connectivity index (χ4n) is 5.66. The standard InChI is InChI=1S/C28H37BN2O6/c32-27-28(31-19-36-27,12-1-2-13-29(33)34)23-15-24(16-23)30-17-20-3-5-21(6-4-20)22-7-9-25(10-8-22)37-26-11-14-35-18-26/h3-10,23-24,26,30-31,33-34H,1-2,11-19H2/t23-,24+,26?,28?. The lowest BCUT2D eigenvalue weighted by Gasteiger charge is -2.45. The van der Waals surface area contributed by atoms with Gasteiger partial charge < -0.3 is 29.6 Å². The molecule has 2 heterocycles. The van der Waals surface area contributed by atoms with Gasteiger partial charge in [0, 0.05) is 19.0 Å². The van der Waals surface area contributed by atoms with Crippen molar-refractivity contribution in [1.82, 2.24) is 10.6 Å². The normalized spacial score (nSPS) is 27.1. The number of ether oxygens (including phenoxy) is 3. The molecule has 2 saturated heterocycles. The van der Waals surface area contributed by atoms with Crippen molar-refractivity contribution in [3.63, 3.8) is 0 Å². The van der Waals surface area contributed by atoms with E-state index in [1.54, 1.807) is 0 Å². The number of hydrogen-bond donors (Lipinski definition) is 4. The summed E-state index contributed by atoms with van der Waals surface area (Å²) in [4.78, 5) is 12.6. The summed E-state index contributed by atoms with van der Waals surface area (Å²) in [6.07, 6.45) is 5.37. The van der Waals surface area contributed by atoms with Crippen LogP contribution in [0.3, 0.4) is 0 Å². The first-order chi connectivity index (χ1) is 18.0. The molecule has 4 N–H and O–H groups in total. The molecule has 2 aliphatic heterocycles. The summed E-state index contributed by atoms with van der Waals surface area (Å²) in [5.74, 6) is 0.948. The predicted molar refractivity (Wildman–Crippen MR) is 141 cm³/mol. The molecule has 3 fully saturated rings. The highest BCUT2D eigenvalue weighted by molar-refractivity contribution is 6.40. The van der Waals surface area contributed by atoms with Crippen molar-refractivity contribution in [2.24, 2.45) is 5.92 Å². The van der Waals surface area contributed by atoms with Crippen LogP contribution in [0.15, 0.2) is 48.5 Å². The summed E-state index contributed by atoms with van der Waals surface area (Å²) >= 11 is 0. The summed E-state index contributed by atoms with van der Waals surface area (Å²) < 4.78 is 16.6. The van der Waals surface area contributed by atoms with Gasteiger partial charge in [0.15, 0.2) is 0 Å². The number of rotatable bonds is 12. The number of unbranched alkanes of at least 4 members (excludes halogenated alkanes) is 1. The lowest BCUT2D eigenvalue weighted by molar-refractivity contribution is -0.146. The summed E-state index contributed by atoms with van der Waals surface area (Å²) in [6, 6.07) is 17.2.